The second kappa shape index (κ2) is 5.47. The lowest BCUT2D eigenvalue weighted by Crippen LogP contribution is -2.24. The highest BCUT2D eigenvalue weighted by atomic mass is 15.2. The molecule has 0 spiro atoms. The van der Waals surface area contributed by atoms with E-state index in [-0.39, 0.29) is 0 Å². The number of nitrogens with zero attached hydrogens (tertiary/aromatic N) is 3. The Balaban J connectivity index is 1.62. The first-order chi connectivity index (χ1) is 10.4. The van der Waals surface area contributed by atoms with Crippen LogP contribution in [0.3, 0.4) is 0 Å². The van der Waals surface area contributed by atoms with Crippen LogP contribution >= 0.6 is 0 Å². The third kappa shape index (κ3) is 2.41. The van der Waals surface area contributed by atoms with E-state index in [1.165, 1.54) is 43.4 Å². The maximum absolute atomic E-state index is 4.55. The van der Waals surface area contributed by atoms with Gasteiger partial charge in [0.15, 0.2) is 0 Å². The van der Waals surface area contributed by atoms with Crippen molar-refractivity contribution in [2.24, 2.45) is 0 Å². The Morgan fingerprint density at radius 1 is 0.952 bits per heavy atom. The summed E-state index contributed by atoms with van der Waals surface area (Å²) in [5, 5.41) is 0. The van der Waals surface area contributed by atoms with Gasteiger partial charge < -0.3 is 4.90 Å². The molecule has 108 valence electrons. The Kier molecular flexibility index (Phi) is 3.34. The summed E-state index contributed by atoms with van der Waals surface area (Å²) >= 11 is 0. The van der Waals surface area contributed by atoms with Crippen LogP contribution in [0.1, 0.15) is 55.3 Å². The molecule has 1 saturated heterocycles. The van der Waals surface area contributed by atoms with E-state index in [0.29, 0.717) is 12.0 Å². The van der Waals surface area contributed by atoms with Crippen LogP contribution in [-0.2, 0) is 0 Å². The van der Waals surface area contributed by atoms with Crippen molar-refractivity contribution in [3.8, 4) is 0 Å². The fraction of sp³-hybridized carbons (Fsp3) is 0.444. The van der Waals surface area contributed by atoms with Gasteiger partial charge in [-0.3, -0.25) is 0 Å². The average molecular weight is 279 g/mol. The fourth-order valence-electron chi connectivity index (χ4n) is 3.51. The Bertz CT molecular complexity index is 607. The molecule has 1 aromatic carbocycles. The van der Waals surface area contributed by atoms with Gasteiger partial charge in [-0.1, -0.05) is 36.8 Å². The predicted molar refractivity (Wildman–Crippen MR) is 84.4 cm³/mol. The van der Waals surface area contributed by atoms with Crippen LogP contribution in [0.25, 0.3) is 0 Å². The van der Waals surface area contributed by atoms with Crippen LogP contribution in [0.2, 0.25) is 0 Å². The normalized spacial score (nSPS) is 22.3. The zero-order valence-electron chi connectivity index (χ0n) is 12.3. The molecule has 2 fully saturated rings. The molecule has 0 radical (unpaired) electrons. The molecule has 3 heteroatoms. The van der Waals surface area contributed by atoms with Crippen molar-refractivity contribution in [1.29, 1.82) is 0 Å². The number of aromatic nitrogens is 2. The summed E-state index contributed by atoms with van der Waals surface area (Å²) in [6.07, 6.45) is 8.13. The lowest BCUT2D eigenvalue weighted by atomic mass is 9.83. The zero-order valence-corrected chi connectivity index (χ0v) is 12.3. The Morgan fingerprint density at radius 2 is 1.81 bits per heavy atom. The van der Waals surface area contributed by atoms with Crippen LogP contribution in [0.4, 0.5) is 5.82 Å². The van der Waals surface area contributed by atoms with Crippen LogP contribution in [-0.4, -0.2) is 16.5 Å². The highest BCUT2D eigenvalue weighted by molar-refractivity contribution is 5.45. The van der Waals surface area contributed by atoms with Crippen molar-refractivity contribution in [2.75, 3.05) is 11.4 Å². The summed E-state index contributed by atoms with van der Waals surface area (Å²) in [6.45, 7) is 1.10. The summed E-state index contributed by atoms with van der Waals surface area (Å²) < 4.78 is 0. The quantitative estimate of drug-likeness (QED) is 0.847. The average Bonchev–Trinajstić information content (AvgIpc) is 2.96. The van der Waals surface area contributed by atoms with Gasteiger partial charge in [-0.2, -0.15) is 0 Å². The smallest absolute Gasteiger partial charge is 0.132 e. The van der Waals surface area contributed by atoms with E-state index in [0.717, 1.165) is 12.4 Å². The molecule has 0 N–H and O–H groups in total. The molecule has 2 aromatic rings. The lowest BCUT2D eigenvalue weighted by Gasteiger charge is -2.28. The standard InChI is InChI=1S/C18H21N3/c1-2-6-15(7-3-1)17-10-5-11-21(17)18-12-16(19-13-20-18)14-8-4-9-14/h1-3,6-7,12-14,17H,4-5,8-11H2. The van der Waals surface area contributed by atoms with E-state index >= 15 is 0 Å². The van der Waals surface area contributed by atoms with Gasteiger partial charge in [0.2, 0.25) is 0 Å². The van der Waals surface area contributed by atoms with Crippen LogP contribution in [0.15, 0.2) is 42.7 Å². The first kappa shape index (κ1) is 12.8. The molecular weight excluding hydrogens is 258 g/mol. The van der Waals surface area contributed by atoms with Crippen LogP contribution < -0.4 is 4.90 Å². The highest BCUT2D eigenvalue weighted by Gasteiger charge is 2.28. The number of hydrogen-bond donors (Lipinski definition) is 0. The van der Waals surface area contributed by atoms with Crippen molar-refractivity contribution in [3.63, 3.8) is 0 Å². The number of hydrogen-bond acceptors (Lipinski definition) is 3. The van der Waals surface area contributed by atoms with Crippen molar-refractivity contribution in [1.82, 2.24) is 9.97 Å². The third-order valence-electron chi connectivity index (χ3n) is 4.93. The number of anilines is 1. The van der Waals surface area contributed by atoms with E-state index in [2.05, 4.69) is 51.3 Å². The third-order valence-corrected chi connectivity index (χ3v) is 4.93. The lowest BCUT2D eigenvalue weighted by molar-refractivity contribution is 0.410. The summed E-state index contributed by atoms with van der Waals surface area (Å²) in [7, 11) is 0. The second-order valence-corrected chi connectivity index (χ2v) is 6.19. The molecule has 1 unspecified atom stereocenters. The van der Waals surface area contributed by atoms with Crippen molar-refractivity contribution >= 4 is 5.82 Å². The van der Waals surface area contributed by atoms with Gasteiger partial charge in [-0.15, -0.1) is 0 Å². The zero-order chi connectivity index (χ0) is 14.1. The van der Waals surface area contributed by atoms with Crippen LogP contribution in [0.5, 0.6) is 0 Å². The minimum Gasteiger partial charge on any atom is -0.349 e. The summed E-state index contributed by atoms with van der Waals surface area (Å²) in [5.74, 6) is 1.78. The minimum atomic E-state index is 0.468. The maximum atomic E-state index is 4.55. The fourth-order valence-corrected chi connectivity index (χ4v) is 3.51. The SMILES string of the molecule is c1ccc(C2CCCN2c2cc(C3CCC3)ncn2)cc1. The molecule has 3 nitrogen and oxygen atoms in total. The molecule has 1 atom stereocenters. The molecular formula is C18H21N3. The molecule has 4 rings (SSSR count). The van der Waals surface area contributed by atoms with E-state index in [9.17, 15) is 0 Å². The van der Waals surface area contributed by atoms with Gasteiger partial charge in [0.05, 0.1) is 6.04 Å². The minimum absolute atomic E-state index is 0.468. The molecule has 2 heterocycles. The summed E-state index contributed by atoms with van der Waals surface area (Å²) in [4.78, 5) is 11.5. The summed E-state index contributed by atoms with van der Waals surface area (Å²) in [6, 6.07) is 13.5. The maximum Gasteiger partial charge on any atom is 0.132 e. The van der Waals surface area contributed by atoms with E-state index in [1.807, 2.05) is 0 Å². The monoisotopic (exact) mass is 279 g/mol. The van der Waals surface area contributed by atoms with Gasteiger partial charge >= 0.3 is 0 Å². The van der Waals surface area contributed by atoms with Crippen molar-refractivity contribution in [2.45, 2.75) is 44.1 Å². The molecule has 21 heavy (non-hydrogen) atoms. The van der Waals surface area contributed by atoms with E-state index < -0.39 is 0 Å². The van der Waals surface area contributed by atoms with Crippen LogP contribution in [0, 0.1) is 0 Å². The Labute approximate surface area is 126 Å². The van der Waals surface area contributed by atoms with Gasteiger partial charge in [-0.25, -0.2) is 9.97 Å². The molecule has 1 aliphatic carbocycles. The molecule has 0 amide bonds. The molecule has 1 aromatic heterocycles. The topological polar surface area (TPSA) is 29.0 Å². The van der Waals surface area contributed by atoms with Gasteiger partial charge in [0, 0.05) is 24.2 Å². The molecule has 0 bridgehead atoms. The summed E-state index contributed by atoms with van der Waals surface area (Å²) in [5.41, 5.74) is 2.64. The largest absolute Gasteiger partial charge is 0.349 e. The van der Waals surface area contributed by atoms with Crippen molar-refractivity contribution < 1.29 is 0 Å². The first-order valence-electron chi connectivity index (χ1n) is 8.05. The Morgan fingerprint density at radius 3 is 2.57 bits per heavy atom. The van der Waals surface area contributed by atoms with Gasteiger partial charge in [0.1, 0.15) is 12.1 Å². The number of benzene rings is 1. The predicted octanol–water partition coefficient (Wildman–Crippen LogP) is 4.09. The van der Waals surface area contributed by atoms with Gasteiger partial charge in [0.25, 0.3) is 0 Å². The van der Waals surface area contributed by atoms with E-state index in [4.69, 9.17) is 0 Å². The van der Waals surface area contributed by atoms with Crippen molar-refractivity contribution in [3.05, 3.63) is 54.0 Å². The molecule has 1 aliphatic heterocycles. The van der Waals surface area contributed by atoms with Gasteiger partial charge in [-0.05, 0) is 31.2 Å². The highest BCUT2D eigenvalue weighted by Crippen LogP contribution is 2.38. The molecule has 2 aliphatic rings. The first-order valence-corrected chi connectivity index (χ1v) is 8.05. The second-order valence-electron chi connectivity index (χ2n) is 6.19. The van der Waals surface area contributed by atoms with E-state index in [1.54, 1.807) is 6.33 Å². The number of rotatable bonds is 3. The Hall–Kier alpha value is -1.90. The molecule has 1 saturated carbocycles.